The number of aromatic carboxylic acids is 1. The standard InChI is InChI=1S/C31H33NO6/c1-3-32-22-7-5-9-24(33)29(22)28(30-23(32)8-6-10-25(30)34)21-15-16-26(27(17-21)37-4-2)38-18-19-11-13-20(14-12-19)31(35)36/h11-17,28H,3-10,18H2,1-2H3,(H,35,36). The quantitative estimate of drug-likeness (QED) is 0.475. The molecule has 0 saturated heterocycles. The number of carboxylic acids is 1. The third-order valence-corrected chi connectivity index (χ3v) is 7.60. The number of carbonyl (C=O) groups is 3. The lowest BCUT2D eigenvalue weighted by Crippen LogP contribution is -2.39. The van der Waals surface area contributed by atoms with Gasteiger partial charge in [0.05, 0.1) is 12.2 Å². The number of hydrogen-bond donors (Lipinski definition) is 1. The predicted molar refractivity (Wildman–Crippen MR) is 142 cm³/mol. The molecular weight excluding hydrogens is 482 g/mol. The molecule has 0 unspecified atom stereocenters. The van der Waals surface area contributed by atoms with Crippen molar-refractivity contribution in [3.8, 4) is 11.5 Å². The third-order valence-electron chi connectivity index (χ3n) is 7.60. The van der Waals surface area contributed by atoms with Crippen LogP contribution in [0.4, 0.5) is 0 Å². The molecule has 0 bridgehead atoms. The normalized spacial score (nSPS) is 17.9. The molecule has 38 heavy (non-hydrogen) atoms. The molecule has 0 spiro atoms. The molecule has 5 rings (SSSR count). The zero-order valence-corrected chi connectivity index (χ0v) is 21.9. The number of rotatable bonds is 8. The average molecular weight is 516 g/mol. The second kappa shape index (κ2) is 10.9. The lowest BCUT2D eigenvalue weighted by Gasteiger charge is -2.43. The second-order valence-corrected chi connectivity index (χ2v) is 9.88. The number of benzene rings is 2. The third kappa shape index (κ3) is 4.73. The van der Waals surface area contributed by atoms with E-state index in [4.69, 9.17) is 14.6 Å². The zero-order valence-electron chi connectivity index (χ0n) is 21.9. The fourth-order valence-corrected chi connectivity index (χ4v) is 5.93. The van der Waals surface area contributed by atoms with E-state index in [-0.39, 0.29) is 29.7 Å². The first kappa shape index (κ1) is 25.8. The van der Waals surface area contributed by atoms with E-state index in [1.54, 1.807) is 24.3 Å². The zero-order chi connectivity index (χ0) is 26.8. The van der Waals surface area contributed by atoms with Crippen molar-refractivity contribution in [3.05, 3.63) is 81.7 Å². The van der Waals surface area contributed by atoms with Gasteiger partial charge in [-0.2, -0.15) is 0 Å². The number of hydrogen-bond acceptors (Lipinski definition) is 6. The predicted octanol–water partition coefficient (Wildman–Crippen LogP) is 5.80. The maximum Gasteiger partial charge on any atom is 0.335 e. The monoisotopic (exact) mass is 515 g/mol. The molecule has 0 radical (unpaired) electrons. The van der Waals surface area contributed by atoms with Crippen molar-refractivity contribution in [1.82, 2.24) is 4.90 Å². The van der Waals surface area contributed by atoms with Crippen LogP contribution in [0, 0.1) is 0 Å². The van der Waals surface area contributed by atoms with Crippen molar-refractivity contribution >= 4 is 17.5 Å². The maximum atomic E-state index is 13.3. The van der Waals surface area contributed by atoms with Gasteiger partial charge in [-0.15, -0.1) is 0 Å². The van der Waals surface area contributed by atoms with Crippen LogP contribution in [-0.4, -0.2) is 40.7 Å². The van der Waals surface area contributed by atoms with Crippen LogP contribution < -0.4 is 9.47 Å². The van der Waals surface area contributed by atoms with Gasteiger partial charge >= 0.3 is 5.97 Å². The summed E-state index contributed by atoms with van der Waals surface area (Å²) in [6.45, 7) is 5.41. The minimum Gasteiger partial charge on any atom is -0.490 e. The van der Waals surface area contributed by atoms with Crippen LogP contribution >= 0.6 is 0 Å². The van der Waals surface area contributed by atoms with Gasteiger partial charge in [0.25, 0.3) is 0 Å². The summed E-state index contributed by atoms with van der Waals surface area (Å²) in [5.41, 5.74) is 5.60. The average Bonchev–Trinajstić information content (AvgIpc) is 2.92. The summed E-state index contributed by atoms with van der Waals surface area (Å²) in [4.78, 5) is 40.0. The van der Waals surface area contributed by atoms with E-state index in [0.29, 0.717) is 30.9 Å². The molecule has 0 atom stereocenters. The highest BCUT2D eigenvalue weighted by Gasteiger charge is 2.43. The SMILES string of the molecule is CCOc1cc(C2C3=C(CCCC3=O)N(CC)C3=C2C(=O)CCC3)ccc1OCc1ccc(C(=O)O)cc1. The molecule has 7 nitrogen and oxygen atoms in total. The first-order chi connectivity index (χ1) is 18.4. The highest BCUT2D eigenvalue weighted by atomic mass is 16.5. The lowest BCUT2D eigenvalue weighted by molar-refractivity contribution is -0.117. The van der Waals surface area contributed by atoms with E-state index in [9.17, 15) is 14.4 Å². The first-order valence-electron chi connectivity index (χ1n) is 13.4. The lowest BCUT2D eigenvalue weighted by atomic mass is 9.71. The summed E-state index contributed by atoms with van der Waals surface area (Å²) in [5.74, 6) is 0.00435. The molecule has 1 aliphatic heterocycles. The summed E-state index contributed by atoms with van der Waals surface area (Å²) in [6, 6.07) is 12.3. The Kier molecular flexibility index (Phi) is 7.36. The Balaban J connectivity index is 1.52. The maximum absolute atomic E-state index is 13.3. The first-order valence-corrected chi connectivity index (χ1v) is 13.4. The fourth-order valence-electron chi connectivity index (χ4n) is 5.93. The largest absolute Gasteiger partial charge is 0.490 e. The molecule has 1 heterocycles. The Bertz CT molecular complexity index is 1290. The van der Waals surface area contributed by atoms with Crippen LogP contribution in [0.3, 0.4) is 0 Å². The highest BCUT2D eigenvalue weighted by Crippen LogP contribution is 2.50. The van der Waals surface area contributed by atoms with Crippen LogP contribution in [0.1, 0.15) is 79.8 Å². The molecule has 198 valence electrons. The number of carboxylic acid groups (broad SMARTS) is 1. The van der Waals surface area contributed by atoms with E-state index in [1.165, 1.54) is 0 Å². The summed E-state index contributed by atoms with van der Waals surface area (Å²) in [7, 11) is 0. The van der Waals surface area contributed by atoms with Gasteiger partial charge in [-0.25, -0.2) is 4.79 Å². The molecule has 2 aliphatic carbocycles. The smallest absolute Gasteiger partial charge is 0.335 e. The van der Waals surface area contributed by atoms with Crippen LogP contribution in [0.5, 0.6) is 11.5 Å². The van der Waals surface area contributed by atoms with E-state index < -0.39 is 5.97 Å². The Morgan fingerprint density at radius 3 is 2.05 bits per heavy atom. The Labute approximate surface area is 222 Å². The van der Waals surface area contributed by atoms with Crippen LogP contribution in [-0.2, 0) is 16.2 Å². The van der Waals surface area contributed by atoms with Gasteiger partial charge in [0, 0.05) is 47.8 Å². The van der Waals surface area contributed by atoms with Crippen molar-refractivity contribution in [1.29, 1.82) is 0 Å². The van der Waals surface area contributed by atoms with Gasteiger partial charge in [-0.05, 0) is 74.9 Å². The molecule has 0 amide bonds. The van der Waals surface area contributed by atoms with Crippen molar-refractivity contribution in [2.24, 2.45) is 0 Å². The summed E-state index contributed by atoms with van der Waals surface area (Å²) < 4.78 is 12.0. The topological polar surface area (TPSA) is 93.1 Å². The van der Waals surface area contributed by atoms with Gasteiger partial charge in [0.15, 0.2) is 23.1 Å². The molecule has 3 aliphatic rings. The minimum absolute atomic E-state index is 0.128. The number of Topliss-reactive ketones (excluding diaryl/α,β-unsaturated/α-hetero) is 2. The van der Waals surface area contributed by atoms with Crippen LogP contribution in [0.25, 0.3) is 0 Å². The fraction of sp³-hybridized carbons (Fsp3) is 0.387. The van der Waals surface area contributed by atoms with Gasteiger partial charge in [0.1, 0.15) is 6.61 Å². The Morgan fingerprint density at radius 2 is 1.50 bits per heavy atom. The highest BCUT2D eigenvalue weighted by molar-refractivity contribution is 6.06. The molecule has 0 aromatic heterocycles. The van der Waals surface area contributed by atoms with Gasteiger partial charge in [0.2, 0.25) is 0 Å². The van der Waals surface area contributed by atoms with Crippen molar-refractivity contribution in [2.75, 3.05) is 13.2 Å². The molecule has 0 saturated carbocycles. The Hall–Kier alpha value is -3.87. The molecule has 2 aromatic carbocycles. The molecule has 0 fully saturated rings. The van der Waals surface area contributed by atoms with Gasteiger partial charge in [-0.1, -0.05) is 18.2 Å². The Morgan fingerprint density at radius 1 is 0.868 bits per heavy atom. The number of carbonyl (C=O) groups excluding carboxylic acids is 2. The number of nitrogens with zero attached hydrogens (tertiary/aromatic N) is 1. The number of ether oxygens (including phenoxy) is 2. The van der Waals surface area contributed by atoms with Crippen LogP contribution in [0.2, 0.25) is 0 Å². The van der Waals surface area contributed by atoms with Gasteiger partial charge in [-0.3, -0.25) is 9.59 Å². The summed E-state index contributed by atoms with van der Waals surface area (Å²) in [5, 5.41) is 9.12. The summed E-state index contributed by atoms with van der Waals surface area (Å²) >= 11 is 0. The molecular formula is C31H33NO6. The minimum atomic E-state index is -0.971. The van der Waals surface area contributed by atoms with Crippen molar-refractivity contribution in [3.63, 3.8) is 0 Å². The second-order valence-electron chi connectivity index (χ2n) is 9.88. The van der Waals surface area contributed by atoms with E-state index in [2.05, 4.69) is 11.8 Å². The summed E-state index contributed by atoms with van der Waals surface area (Å²) in [6.07, 6.45) is 4.37. The van der Waals surface area contributed by atoms with Crippen LogP contribution in [0.15, 0.2) is 65.0 Å². The van der Waals surface area contributed by atoms with E-state index >= 15 is 0 Å². The number of allylic oxidation sites excluding steroid dienone is 4. The van der Waals surface area contributed by atoms with Gasteiger partial charge < -0.3 is 19.5 Å². The van der Waals surface area contributed by atoms with Crippen molar-refractivity contribution < 1.29 is 29.0 Å². The molecule has 1 N–H and O–H groups in total. The number of ketones is 2. The molecule has 2 aromatic rings. The van der Waals surface area contributed by atoms with E-state index in [1.807, 2.05) is 25.1 Å². The molecule has 7 heteroatoms. The van der Waals surface area contributed by atoms with E-state index in [0.717, 1.165) is 65.9 Å². The van der Waals surface area contributed by atoms with Crippen molar-refractivity contribution in [2.45, 2.75) is 64.9 Å².